The highest BCUT2D eigenvalue weighted by Gasteiger charge is 2.75. The zero-order valence-corrected chi connectivity index (χ0v) is 21.1. The van der Waals surface area contributed by atoms with Crippen molar-refractivity contribution in [2.24, 2.45) is 5.92 Å². The van der Waals surface area contributed by atoms with Crippen LogP contribution in [0.1, 0.15) is 39.0 Å². The van der Waals surface area contributed by atoms with Crippen LogP contribution in [-0.2, 0) is 34.0 Å². The van der Waals surface area contributed by atoms with Gasteiger partial charge in [0.15, 0.2) is 9.84 Å². The minimum atomic E-state index is -4.23. The Hall–Kier alpha value is -2.27. The molecule has 2 aromatic rings. The summed E-state index contributed by atoms with van der Waals surface area (Å²) in [7, 11) is -8.29. The number of carbonyl (C=O) groups is 1. The summed E-state index contributed by atoms with van der Waals surface area (Å²) in [6, 6.07) is 15.8. The summed E-state index contributed by atoms with van der Waals surface area (Å²) in [6.07, 6.45) is 2.27. The van der Waals surface area contributed by atoms with Gasteiger partial charge in [-0.15, -0.1) is 0 Å². The number of sulfone groups is 2. The van der Waals surface area contributed by atoms with Crippen LogP contribution in [0.2, 0.25) is 0 Å². The fourth-order valence-electron chi connectivity index (χ4n) is 6.13. The molecular weight excluding hydrogens is 490 g/mol. The molecule has 0 aromatic heterocycles. The highest BCUT2D eigenvalue weighted by atomic mass is 32.2. The van der Waals surface area contributed by atoms with Crippen molar-refractivity contribution in [3.05, 3.63) is 60.7 Å². The molecule has 1 spiro atoms. The smallest absolute Gasteiger partial charge is 0.306 e. The molecular formula is C25H29NO7S2. The van der Waals surface area contributed by atoms with E-state index < -0.39 is 35.4 Å². The van der Waals surface area contributed by atoms with Gasteiger partial charge in [0.2, 0.25) is 14.8 Å². The lowest BCUT2D eigenvalue weighted by molar-refractivity contribution is -0.166. The monoisotopic (exact) mass is 519 g/mol. The Bertz CT molecular complexity index is 1310. The average Bonchev–Trinajstić information content (AvgIpc) is 3.54. The van der Waals surface area contributed by atoms with Crippen LogP contribution in [0.25, 0.3) is 0 Å². The van der Waals surface area contributed by atoms with Crippen LogP contribution in [0.3, 0.4) is 0 Å². The van der Waals surface area contributed by atoms with E-state index in [0.717, 1.165) is 12.8 Å². The Balaban J connectivity index is 1.61. The molecule has 35 heavy (non-hydrogen) atoms. The summed E-state index contributed by atoms with van der Waals surface area (Å²) in [4.78, 5) is 16.7. The summed E-state index contributed by atoms with van der Waals surface area (Å²) in [5.41, 5.74) is -0.739. The summed E-state index contributed by atoms with van der Waals surface area (Å²) in [5.74, 6) is -0.522. The van der Waals surface area contributed by atoms with Crippen LogP contribution in [0.4, 0.5) is 0 Å². The van der Waals surface area contributed by atoms with Crippen LogP contribution in [0.15, 0.2) is 70.5 Å². The van der Waals surface area contributed by atoms with Crippen LogP contribution >= 0.6 is 0 Å². The van der Waals surface area contributed by atoms with Crippen molar-refractivity contribution in [2.45, 2.75) is 64.5 Å². The minimum Gasteiger partial charge on any atom is -0.466 e. The van der Waals surface area contributed by atoms with Gasteiger partial charge in [0.1, 0.15) is 5.25 Å². The predicted octanol–water partition coefficient (Wildman–Crippen LogP) is 3.14. The van der Waals surface area contributed by atoms with E-state index >= 15 is 0 Å². The zero-order valence-electron chi connectivity index (χ0n) is 19.5. The van der Waals surface area contributed by atoms with Gasteiger partial charge in [0.25, 0.3) is 0 Å². The largest absolute Gasteiger partial charge is 0.466 e. The number of hydroxylamine groups is 2. The Labute approximate surface area is 206 Å². The maximum atomic E-state index is 14.2. The normalized spacial score (nSPS) is 32.2. The molecule has 3 aliphatic rings. The van der Waals surface area contributed by atoms with Gasteiger partial charge < -0.3 is 4.74 Å². The SMILES string of the molecule is CCOC(=O)C[C@H]1CCC[C@]12C[C@]1(S(=O)(=O)c3ccccc3)ON2C[C@@H]1S(=O)(=O)c1ccccc1. The molecule has 10 heteroatoms. The lowest BCUT2D eigenvalue weighted by Gasteiger charge is -2.41. The molecule has 2 aromatic carbocycles. The van der Waals surface area contributed by atoms with Crippen LogP contribution in [0, 0.1) is 5.92 Å². The second-order valence-corrected chi connectivity index (χ2v) is 13.8. The number of carbonyl (C=O) groups excluding carboxylic acids is 1. The summed E-state index contributed by atoms with van der Waals surface area (Å²) in [6.45, 7) is 1.93. The summed E-state index contributed by atoms with van der Waals surface area (Å²) < 4.78 is 61.1. The average molecular weight is 520 g/mol. The Morgan fingerprint density at radius 3 is 2.29 bits per heavy atom. The van der Waals surface area contributed by atoms with Gasteiger partial charge in [-0.25, -0.2) is 16.8 Å². The third-order valence-electron chi connectivity index (χ3n) is 7.73. The molecule has 1 unspecified atom stereocenters. The Morgan fingerprint density at radius 2 is 1.66 bits per heavy atom. The van der Waals surface area contributed by atoms with E-state index in [9.17, 15) is 21.6 Å². The number of rotatable bonds is 7. The van der Waals surface area contributed by atoms with Gasteiger partial charge in [-0.3, -0.25) is 9.63 Å². The molecule has 188 valence electrons. The van der Waals surface area contributed by atoms with Crippen molar-refractivity contribution in [1.29, 1.82) is 0 Å². The van der Waals surface area contributed by atoms with Gasteiger partial charge in [0, 0.05) is 13.0 Å². The van der Waals surface area contributed by atoms with E-state index in [1.165, 1.54) is 24.3 Å². The highest BCUT2D eigenvalue weighted by Crippen LogP contribution is 2.61. The van der Waals surface area contributed by atoms with E-state index in [4.69, 9.17) is 9.57 Å². The lowest BCUT2D eigenvalue weighted by atomic mass is 9.78. The highest BCUT2D eigenvalue weighted by molar-refractivity contribution is 7.96. The van der Waals surface area contributed by atoms with Gasteiger partial charge >= 0.3 is 5.97 Å². The second-order valence-electron chi connectivity index (χ2n) is 9.51. The summed E-state index contributed by atoms with van der Waals surface area (Å²) >= 11 is 0. The van der Waals surface area contributed by atoms with Gasteiger partial charge in [-0.2, -0.15) is 5.06 Å². The van der Waals surface area contributed by atoms with E-state index in [-0.39, 0.29) is 47.7 Å². The van der Waals surface area contributed by atoms with Crippen LogP contribution < -0.4 is 0 Å². The molecule has 2 heterocycles. The third-order valence-corrected chi connectivity index (χ3v) is 12.4. The first-order chi connectivity index (χ1) is 16.7. The number of benzene rings is 2. The molecule has 2 bridgehead atoms. The van der Waals surface area contributed by atoms with E-state index in [0.29, 0.717) is 6.42 Å². The molecule has 3 fully saturated rings. The molecule has 8 nitrogen and oxygen atoms in total. The standard InChI is InChI=1S/C25H29NO7S2/c1-2-32-23(27)16-19-10-9-15-24(19)18-25(35(30,31)21-13-7-4-8-14-21)22(17-26(24)33-25)34(28,29)20-11-5-3-6-12-20/h3-8,11-14,19,22H,2,9-10,15-18H2,1H3/t19-,22+,24+,25-/m1/s1. The molecule has 2 aliphatic heterocycles. The number of ether oxygens (including phenoxy) is 1. The van der Waals surface area contributed by atoms with Gasteiger partial charge in [0.05, 0.1) is 28.4 Å². The zero-order chi connectivity index (χ0) is 24.9. The molecule has 5 rings (SSSR count). The minimum absolute atomic E-state index is 0.0158. The molecule has 2 saturated heterocycles. The Morgan fingerprint density at radius 1 is 1.03 bits per heavy atom. The summed E-state index contributed by atoms with van der Waals surface area (Å²) in [5, 5.41) is 0.271. The number of hydrogen-bond acceptors (Lipinski definition) is 8. The topological polar surface area (TPSA) is 107 Å². The molecule has 0 radical (unpaired) electrons. The van der Waals surface area contributed by atoms with Gasteiger partial charge in [-0.05, 0) is 49.9 Å². The first-order valence-electron chi connectivity index (χ1n) is 11.9. The van der Waals surface area contributed by atoms with Crippen molar-refractivity contribution in [1.82, 2.24) is 5.06 Å². The van der Waals surface area contributed by atoms with Crippen molar-refractivity contribution in [3.8, 4) is 0 Å². The first kappa shape index (κ1) is 24.4. The molecule has 0 N–H and O–H groups in total. The molecule has 5 atom stereocenters. The number of piperidine rings is 1. The number of fused-ring (bicyclic) bond motifs is 3. The fourth-order valence-corrected chi connectivity index (χ4v) is 10.7. The molecule has 1 saturated carbocycles. The van der Waals surface area contributed by atoms with E-state index in [2.05, 4.69) is 0 Å². The van der Waals surface area contributed by atoms with Crippen LogP contribution in [0.5, 0.6) is 0 Å². The van der Waals surface area contributed by atoms with Crippen molar-refractivity contribution >= 4 is 25.6 Å². The Kier molecular flexibility index (Phi) is 6.06. The quantitative estimate of drug-likeness (QED) is 0.514. The first-order valence-corrected chi connectivity index (χ1v) is 14.9. The number of esters is 1. The van der Waals surface area contributed by atoms with E-state index in [1.807, 2.05) is 0 Å². The van der Waals surface area contributed by atoms with Gasteiger partial charge in [-0.1, -0.05) is 42.8 Å². The third kappa shape index (κ3) is 3.64. The maximum Gasteiger partial charge on any atom is 0.306 e. The lowest BCUT2D eigenvalue weighted by Crippen LogP contribution is -2.58. The second kappa shape index (κ2) is 8.69. The van der Waals surface area contributed by atoms with Crippen LogP contribution in [-0.4, -0.2) is 56.7 Å². The number of hydrogen-bond donors (Lipinski definition) is 0. The fraction of sp³-hybridized carbons (Fsp3) is 0.480. The molecule has 0 amide bonds. The van der Waals surface area contributed by atoms with E-state index in [1.54, 1.807) is 48.4 Å². The van der Waals surface area contributed by atoms with Crippen molar-refractivity contribution in [2.75, 3.05) is 13.2 Å². The number of nitrogens with zero attached hydrogens (tertiary/aromatic N) is 1. The maximum absolute atomic E-state index is 14.2. The molecule has 1 aliphatic carbocycles. The van der Waals surface area contributed by atoms with Crippen molar-refractivity contribution in [3.63, 3.8) is 0 Å². The predicted molar refractivity (Wildman–Crippen MR) is 128 cm³/mol. The van der Waals surface area contributed by atoms with Crippen molar-refractivity contribution < 1.29 is 31.2 Å².